The molecule has 0 amide bonds. The summed E-state index contributed by atoms with van der Waals surface area (Å²) in [5.74, 6) is 1.40. The van der Waals surface area contributed by atoms with Crippen LogP contribution in [-0.4, -0.2) is 24.8 Å². The van der Waals surface area contributed by atoms with E-state index in [-0.39, 0.29) is 6.54 Å². The third kappa shape index (κ3) is 3.38. The van der Waals surface area contributed by atoms with Crippen molar-refractivity contribution in [1.29, 1.82) is 0 Å². The fraction of sp³-hybridized carbons (Fsp3) is 0.550. The molecular weight excluding hydrogens is 362 g/mol. The molecular formula is C20H25N3O3S. The van der Waals surface area contributed by atoms with Gasteiger partial charge in [-0.1, -0.05) is 12.8 Å². The van der Waals surface area contributed by atoms with Gasteiger partial charge >= 0.3 is 0 Å². The molecule has 5 rings (SSSR count). The first-order valence-electron chi connectivity index (χ1n) is 9.94. The van der Waals surface area contributed by atoms with Crippen LogP contribution in [0.3, 0.4) is 0 Å². The van der Waals surface area contributed by atoms with Gasteiger partial charge in [0.1, 0.15) is 5.75 Å². The maximum absolute atomic E-state index is 12.7. The Morgan fingerprint density at radius 3 is 2.74 bits per heavy atom. The van der Waals surface area contributed by atoms with E-state index in [1.807, 2.05) is 0 Å². The molecule has 2 aromatic rings. The Kier molecular flexibility index (Phi) is 4.24. The standard InChI is InChI=1S/C20H25N3O3S/c24-27(25,18-7-8-20-15(11-18)9-10-26-20)21-13-16-12-19(14-5-6-14)23(22-16)17-3-1-2-4-17/h7-8,11-12,14,17,21H,1-6,9-10,13H2. The summed E-state index contributed by atoms with van der Waals surface area (Å²) >= 11 is 0. The van der Waals surface area contributed by atoms with E-state index in [2.05, 4.69) is 15.5 Å². The van der Waals surface area contributed by atoms with Gasteiger partial charge in [0.25, 0.3) is 0 Å². The fourth-order valence-corrected chi connectivity index (χ4v) is 5.31. The second-order valence-electron chi connectivity index (χ2n) is 7.91. The highest BCUT2D eigenvalue weighted by molar-refractivity contribution is 7.89. The summed E-state index contributed by atoms with van der Waals surface area (Å²) in [6, 6.07) is 7.67. The molecule has 0 radical (unpaired) electrons. The van der Waals surface area contributed by atoms with Gasteiger partial charge in [-0.05, 0) is 55.5 Å². The fourth-order valence-electron chi connectivity index (χ4n) is 4.26. The van der Waals surface area contributed by atoms with Crippen LogP contribution in [0.4, 0.5) is 0 Å². The lowest BCUT2D eigenvalue weighted by Crippen LogP contribution is -2.23. The van der Waals surface area contributed by atoms with Crippen LogP contribution in [0.15, 0.2) is 29.2 Å². The molecule has 1 N–H and O–H groups in total. The quantitative estimate of drug-likeness (QED) is 0.825. The van der Waals surface area contributed by atoms with Gasteiger partial charge in [-0.3, -0.25) is 4.68 Å². The lowest BCUT2D eigenvalue weighted by atomic mass is 10.2. The van der Waals surface area contributed by atoms with Crippen LogP contribution in [0, 0.1) is 0 Å². The van der Waals surface area contributed by atoms with E-state index in [4.69, 9.17) is 9.84 Å². The maximum Gasteiger partial charge on any atom is 0.240 e. The monoisotopic (exact) mass is 387 g/mol. The highest BCUT2D eigenvalue weighted by atomic mass is 32.2. The van der Waals surface area contributed by atoms with Crippen molar-refractivity contribution in [2.45, 2.75) is 68.3 Å². The number of sulfonamides is 1. The third-order valence-corrected chi connectivity index (χ3v) is 7.29. The van der Waals surface area contributed by atoms with Gasteiger partial charge in [0.15, 0.2) is 0 Å². The largest absolute Gasteiger partial charge is 0.493 e. The molecule has 0 saturated heterocycles. The minimum Gasteiger partial charge on any atom is -0.493 e. The molecule has 1 aliphatic heterocycles. The van der Waals surface area contributed by atoms with Gasteiger partial charge in [0, 0.05) is 18.0 Å². The van der Waals surface area contributed by atoms with Crippen LogP contribution in [0.1, 0.15) is 67.4 Å². The summed E-state index contributed by atoms with van der Waals surface area (Å²) in [5, 5.41) is 4.78. The molecule has 27 heavy (non-hydrogen) atoms. The number of ether oxygens (including phenoxy) is 1. The number of aromatic nitrogens is 2. The van der Waals surface area contributed by atoms with E-state index in [1.54, 1.807) is 18.2 Å². The van der Waals surface area contributed by atoms with E-state index < -0.39 is 10.0 Å². The van der Waals surface area contributed by atoms with Crippen molar-refractivity contribution in [3.8, 4) is 5.75 Å². The lowest BCUT2D eigenvalue weighted by molar-refractivity contribution is 0.356. The second kappa shape index (κ2) is 6.63. The number of benzene rings is 1. The zero-order valence-corrected chi connectivity index (χ0v) is 16.2. The van der Waals surface area contributed by atoms with Crippen LogP contribution in [0.2, 0.25) is 0 Å². The van der Waals surface area contributed by atoms with Gasteiger partial charge in [0.05, 0.1) is 29.8 Å². The Morgan fingerprint density at radius 1 is 1.15 bits per heavy atom. The molecule has 6 nitrogen and oxygen atoms in total. The molecule has 0 bridgehead atoms. The van der Waals surface area contributed by atoms with Crippen molar-refractivity contribution >= 4 is 10.0 Å². The van der Waals surface area contributed by atoms with Crippen LogP contribution < -0.4 is 9.46 Å². The summed E-state index contributed by atoms with van der Waals surface area (Å²) in [5.41, 5.74) is 3.07. The number of hydrogen-bond acceptors (Lipinski definition) is 4. The molecule has 144 valence electrons. The molecule has 0 unspecified atom stereocenters. The Hall–Kier alpha value is -1.86. The zero-order chi connectivity index (χ0) is 18.4. The van der Waals surface area contributed by atoms with Crippen molar-refractivity contribution in [3.63, 3.8) is 0 Å². The molecule has 0 atom stereocenters. The highest BCUT2D eigenvalue weighted by Gasteiger charge is 2.31. The van der Waals surface area contributed by atoms with Crippen LogP contribution in [0.5, 0.6) is 5.75 Å². The minimum absolute atomic E-state index is 0.232. The molecule has 1 aromatic heterocycles. The predicted octanol–water partition coefficient (Wildman–Crippen LogP) is 3.29. The van der Waals surface area contributed by atoms with Crippen molar-refractivity contribution < 1.29 is 13.2 Å². The van der Waals surface area contributed by atoms with Gasteiger partial charge in [0.2, 0.25) is 10.0 Å². The van der Waals surface area contributed by atoms with Gasteiger partial charge in [-0.2, -0.15) is 5.10 Å². The smallest absolute Gasteiger partial charge is 0.240 e. The van der Waals surface area contributed by atoms with E-state index in [0.29, 0.717) is 23.5 Å². The number of nitrogens with zero attached hydrogens (tertiary/aromatic N) is 2. The normalized spacial score (nSPS) is 20.0. The van der Waals surface area contributed by atoms with Crippen LogP contribution in [-0.2, 0) is 23.0 Å². The van der Waals surface area contributed by atoms with E-state index in [0.717, 1.165) is 23.4 Å². The Morgan fingerprint density at radius 2 is 1.96 bits per heavy atom. The van der Waals surface area contributed by atoms with Crippen molar-refractivity contribution in [1.82, 2.24) is 14.5 Å². The highest BCUT2D eigenvalue weighted by Crippen LogP contribution is 2.43. The van der Waals surface area contributed by atoms with E-state index in [9.17, 15) is 8.42 Å². The number of fused-ring (bicyclic) bond motifs is 1. The van der Waals surface area contributed by atoms with Crippen LogP contribution in [0.25, 0.3) is 0 Å². The first kappa shape index (κ1) is 17.3. The second-order valence-corrected chi connectivity index (χ2v) is 9.68. The summed E-state index contributed by atoms with van der Waals surface area (Å²) < 4.78 is 35.8. The molecule has 0 spiro atoms. The maximum atomic E-state index is 12.7. The van der Waals surface area contributed by atoms with Gasteiger partial charge in [-0.15, -0.1) is 0 Å². The topological polar surface area (TPSA) is 73.2 Å². The van der Waals surface area contributed by atoms with E-state index in [1.165, 1.54) is 44.2 Å². The minimum atomic E-state index is -3.56. The van der Waals surface area contributed by atoms with Gasteiger partial charge in [-0.25, -0.2) is 13.1 Å². The summed E-state index contributed by atoms with van der Waals surface area (Å²) in [7, 11) is -3.56. The van der Waals surface area contributed by atoms with Crippen molar-refractivity contribution in [2.24, 2.45) is 0 Å². The predicted molar refractivity (Wildman–Crippen MR) is 101 cm³/mol. The van der Waals surface area contributed by atoms with Crippen molar-refractivity contribution in [2.75, 3.05) is 6.61 Å². The Balaban J connectivity index is 1.34. The summed E-state index contributed by atoms with van der Waals surface area (Å²) in [6.07, 6.45) is 8.10. The molecule has 2 saturated carbocycles. The third-order valence-electron chi connectivity index (χ3n) is 5.90. The molecule has 2 fully saturated rings. The van der Waals surface area contributed by atoms with Crippen LogP contribution >= 0.6 is 0 Å². The molecule has 7 heteroatoms. The zero-order valence-electron chi connectivity index (χ0n) is 15.4. The number of hydrogen-bond donors (Lipinski definition) is 1. The molecule has 2 heterocycles. The van der Waals surface area contributed by atoms with Gasteiger partial charge < -0.3 is 4.74 Å². The Labute approximate surface area is 160 Å². The number of nitrogens with one attached hydrogen (secondary N) is 1. The van der Waals surface area contributed by atoms with E-state index >= 15 is 0 Å². The lowest BCUT2D eigenvalue weighted by Gasteiger charge is -2.13. The Bertz CT molecular complexity index is 957. The SMILES string of the molecule is O=S(=O)(NCc1cc(C2CC2)n(C2CCCC2)n1)c1ccc2c(c1)CCO2. The first-order chi connectivity index (χ1) is 13.1. The summed E-state index contributed by atoms with van der Waals surface area (Å²) in [6.45, 7) is 0.851. The molecule has 2 aliphatic carbocycles. The molecule has 3 aliphatic rings. The average molecular weight is 388 g/mol. The molecule has 1 aromatic carbocycles. The summed E-state index contributed by atoms with van der Waals surface area (Å²) in [4.78, 5) is 0.296. The first-order valence-corrected chi connectivity index (χ1v) is 11.4. The van der Waals surface area contributed by atoms with Crippen molar-refractivity contribution in [3.05, 3.63) is 41.2 Å². The number of rotatable bonds is 6. The average Bonchev–Trinajstić information content (AvgIpc) is 3.08.